The molecular weight excluding hydrogens is 321 g/mol. The number of nitrogens with one attached hydrogen (secondary N) is 1. The predicted molar refractivity (Wildman–Crippen MR) is 73.8 cm³/mol. The van der Waals surface area contributed by atoms with Gasteiger partial charge in [0.2, 0.25) is 0 Å². The third kappa shape index (κ3) is 3.45. The maximum atomic E-state index is 13.5. The van der Waals surface area contributed by atoms with E-state index >= 15 is 0 Å². The second kappa shape index (κ2) is 6.02. The SMILES string of the molecule is O=C(NCC1CCC(Br)C1)c1cc(Cl)ccc1F. The molecule has 1 aromatic rings. The van der Waals surface area contributed by atoms with E-state index in [4.69, 9.17) is 11.6 Å². The van der Waals surface area contributed by atoms with Crippen molar-refractivity contribution in [2.45, 2.75) is 24.1 Å². The smallest absolute Gasteiger partial charge is 0.254 e. The van der Waals surface area contributed by atoms with Gasteiger partial charge in [0.25, 0.3) is 5.91 Å². The molecule has 1 N–H and O–H groups in total. The molecule has 0 heterocycles. The number of halogens is 3. The van der Waals surface area contributed by atoms with Crippen molar-refractivity contribution in [1.29, 1.82) is 0 Å². The second-order valence-corrected chi connectivity index (χ2v) is 6.34. The van der Waals surface area contributed by atoms with Gasteiger partial charge in [0.1, 0.15) is 5.82 Å². The molecule has 5 heteroatoms. The highest BCUT2D eigenvalue weighted by Gasteiger charge is 2.23. The molecule has 0 aromatic heterocycles. The lowest BCUT2D eigenvalue weighted by atomic mass is 10.1. The predicted octanol–water partition coefficient (Wildman–Crippen LogP) is 3.77. The first kappa shape index (κ1) is 13.8. The van der Waals surface area contributed by atoms with Crippen LogP contribution in [0.5, 0.6) is 0 Å². The summed E-state index contributed by atoms with van der Waals surface area (Å²) in [5, 5.41) is 3.13. The Bertz CT molecular complexity index is 455. The van der Waals surface area contributed by atoms with E-state index in [9.17, 15) is 9.18 Å². The van der Waals surface area contributed by atoms with E-state index in [1.54, 1.807) is 0 Å². The monoisotopic (exact) mass is 333 g/mol. The maximum Gasteiger partial charge on any atom is 0.254 e. The topological polar surface area (TPSA) is 29.1 Å². The zero-order valence-electron chi connectivity index (χ0n) is 9.76. The Morgan fingerprint density at radius 2 is 2.28 bits per heavy atom. The standard InChI is InChI=1S/C13H14BrClFNO/c14-9-2-1-8(5-9)7-17-13(18)11-6-10(15)3-4-12(11)16/h3-4,6,8-9H,1-2,5,7H2,(H,17,18). The molecule has 0 radical (unpaired) electrons. The number of carbonyl (C=O) groups is 1. The first-order valence-corrected chi connectivity index (χ1v) is 7.23. The molecule has 0 aliphatic heterocycles. The molecule has 1 fully saturated rings. The summed E-state index contributed by atoms with van der Waals surface area (Å²) in [7, 11) is 0. The van der Waals surface area contributed by atoms with Crippen LogP contribution in [0, 0.1) is 11.7 Å². The molecule has 1 aromatic carbocycles. The summed E-state index contributed by atoms with van der Waals surface area (Å²) >= 11 is 9.32. The van der Waals surface area contributed by atoms with Crippen LogP contribution < -0.4 is 5.32 Å². The number of hydrogen-bond acceptors (Lipinski definition) is 1. The van der Waals surface area contributed by atoms with Gasteiger partial charge in [-0.15, -0.1) is 0 Å². The lowest BCUT2D eigenvalue weighted by Gasteiger charge is -2.11. The second-order valence-electron chi connectivity index (χ2n) is 4.61. The molecule has 0 saturated heterocycles. The first-order valence-electron chi connectivity index (χ1n) is 5.93. The largest absolute Gasteiger partial charge is 0.352 e. The summed E-state index contributed by atoms with van der Waals surface area (Å²) in [6.07, 6.45) is 3.28. The van der Waals surface area contributed by atoms with Crippen LogP contribution >= 0.6 is 27.5 Å². The molecule has 1 amide bonds. The van der Waals surface area contributed by atoms with E-state index in [2.05, 4.69) is 21.2 Å². The average Bonchev–Trinajstić information content (AvgIpc) is 2.75. The Labute approximate surface area is 119 Å². The van der Waals surface area contributed by atoms with Gasteiger partial charge in [0.05, 0.1) is 5.56 Å². The third-order valence-electron chi connectivity index (χ3n) is 3.20. The fourth-order valence-corrected chi connectivity index (χ4v) is 3.17. The molecular formula is C13H14BrClFNO. The van der Waals surface area contributed by atoms with Crippen molar-refractivity contribution in [2.75, 3.05) is 6.54 Å². The highest BCUT2D eigenvalue weighted by Crippen LogP contribution is 2.30. The average molecular weight is 335 g/mol. The summed E-state index contributed by atoms with van der Waals surface area (Å²) in [6, 6.07) is 4.00. The Balaban J connectivity index is 1.93. The van der Waals surface area contributed by atoms with E-state index in [1.807, 2.05) is 0 Å². The highest BCUT2D eigenvalue weighted by atomic mass is 79.9. The fourth-order valence-electron chi connectivity index (χ4n) is 2.20. The normalized spacial score (nSPS) is 23.1. The van der Waals surface area contributed by atoms with Crippen molar-refractivity contribution in [3.63, 3.8) is 0 Å². The van der Waals surface area contributed by atoms with Crippen LogP contribution in [0.3, 0.4) is 0 Å². The van der Waals surface area contributed by atoms with Gasteiger partial charge in [-0.2, -0.15) is 0 Å². The van der Waals surface area contributed by atoms with Gasteiger partial charge < -0.3 is 5.32 Å². The van der Waals surface area contributed by atoms with Gasteiger partial charge in [-0.05, 0) is 43.4 Å². The Morgan fingerprint density at radius 3 is 2.94 bits per heavy atom. The number of alkyl halides is 1. The van der Waals surface area contributed by atoms with Gasteiger partial charge >= 0.3 is 0 Å². The zero-order chi connectivity index (χ0) is 13.1. The van der Waals surface area contributed by atoms with Gasteiger partial charge in [0, 0.05) is 16.4 Å². The first-order chi connectivity index (χ1) is 8.56. The number of carbonyl (C=O) groups excluding carboxylic acids is 1. The number of amides is 1. The van der Waals surface area contributed by atoms with E-state index in [0.717, 1.165) is 19.3 Å². The van der Waals surface area contributed by atoms with Gasteiger partial charge in [-0.25, -0.2) is 4.39 Å². The number of hydrogen-bond donors (Lipinski definition) is 1. The Morgan fingerprint density at radius 1 is 1.50 bits per heavy atom. The summed E-state index contributed by atoms with van der Waals surface area (Å²) in [5.74, 6) is -0.463. The van der Waals surface area contributed by atoms with Gasteiger partial charge in [-0.1, -0.05) is 27.5 Å². The quantitative estimate of drug-likeness (QED) is 0.838. The summed E-state index contributed by atoms with van der Waals surface area (Å²) in [4.78, 5) is 12.4. The van der Waals surface area contributed by atoms with Crippen LogP contribution in [-0.4, -0.2) is 17.3 Å². The van der Waals surface area contributed by atoms with Crippen molar-refractivity contribution in [2.24, 2.45) is 5.92 Å². The van der Waals surface area contributed by atoms with E-state index < -0.39 is 11.7 Å². The summed E-state index contributed by atoms with van der Waals surface area (Å²) in [5.41, 5.74) is 0.0101. The van der Waals surface area contributed by atoms with E-state index in [0.29, 0.717) is 22.3 Å². The Hall–Kier alpha value is -0.610. The van der Waals surface area contributed by atoms with Crippen molar-refractivity contribution >= 4 is 33.4 Å². The minimum Gasteiger partial charge on any atom is -0.352 e. The molecule has 0 spiro atoms. The number of benzene rings is 1. The Kier molecular flexibility index (Phi) is 4.62. The highest BCUT2D eigenvalue weighted by molar-refractivity contribution is 9.09. The molecule has 1 aliphatic rings. The van der Waals surface area contributed by atoms with E-state index in [1.165, 1.54) is 18.2 Å². The molecule has 1 saturated carbocycles. The summed E-state index contributed by atoms with van der Waals surface area (Å²) in [6.45, 7) is 0.590. The van der Waals surface area contributed by atoms with Crippen LogP contribution in [0.2, 0.25) is 5.02 Å². The van der Waals surface area contributed by atoms with Crippen molar-refractivity contribution in [3.05, 3.63) is 34.6 Å². The van der Waals surface area contributed by atoms with Crippen LogP contribution in [0.15, 0.2) is 18.2 Å². The van der Waals surface area contributed by atoms with Crippen LogP contribution in [0.25, 0.3) is 0 Å². The summed E-state index contributed by atoms with van der Waals surface area (Å²) < 4.78 is 13.5. The molecule has 2 nitrogen and oxygen atoms in total. The van der Waals surface area contributed by atoms with Crippen molar-refractivity contribution in [3.8, 4) is 0 Å². The van der Waals surface area contributed by atoms with Gasteiger partial charge in [0.15, 0.2) is 0 Å². The van der Waals surface area contributed by atoms with E-state index in [-0.39, 0.29) is 5.56 Å². The minimum absolute atomic E-state index is 0.0101. The molecule has 2 unspecified atom stereocenters. The van der Waals surface area contributed by atoms with Crippen molar-refractivity contribution in [1.82, 2.24) is 5.32 Å². The molecule has 98 valence electrons. The number of rotatable bonds is 3. The van der Waals surface area contributed by atoms with Crippen LogP contribution in [0.4, 0.5) is 4.39 Å². The molecule has 0 bridgehead atoms. The maximum absolute atomic E-state index is 13.5. The van der Waals surface area contributed by atoms with Crippen molar-refractivity contribution < 1.29 is 9.18 Å². The molecule has 18 heavy (non-hydrogen) atoms. The van der Waals surface area contributed by atoms with Crippen LogP contribution in [-0.2, 0) is 0 Å². The third-order valence-corrected chi connectivity index (χ3v) is 4.27. The molecule has 2 atom stereocenters. The van der Waals surface area contributed by atoms with Gasteiger partial charge in [-0.3, -0.25) is 4.79 Å². The minimum atomic E-state index is -0.540. The zero-order valence-corrected chi connectivity index (χ0v) is 12.1. The lowest BCUT2D eigenvalue weighted by Crippen LogP contribution is -2.29. The molecule has 1 aliphatic carbocycles. The fraction of sp³-hybridized carbons (Fsp3) is 0.462. The molecule has 2 rings (SSSR count). The lowest BCUT2D eigenvalue weighted by molar-refractivity contribution is 0.0943. The van der Waals surface area contributed by atoms with Crippen LogP contribution in [0.1, 0.15) is 29.6 Å².